The van der Waals surface area contributed by atoms with Crippen molar-refractivity contribution in [1.29, 1.82) is 0 Å². The monoisotopic (exact) mass is 260 g/mol. The second-order valence-corrected chi connectivity index (χ2v) is 4.30. The highest BCUT2D eigenvalue weighted by Gasteiger charge is 2.20. The van der Waals surface area contributed by atoms with Crippen molar-refractivity contribution in [3.8, 4) is 0 Å². The number of nitrogens with one attached hydrogen (secondary N) is 2. The number of hydrogen-bond donors (Lipinski definition) is 2. The Kier molecular flexibility index (Phi) is 3.53. The van der Waals surface area contributed by atoms with Crippen molar-refractivity contribution in [3.05, 3.63) is 28.2 Å². The molecule has 86 valence electrons. The fourth-order valence-corrected chi connectivity index (χ4v) is 1.59. The molecule has 0 aromatic heterocycles. The molecule has 1 saturated heterocycles. The summed E-state index contributed by atoms with van der Waals surface area (Å²) < 4.78 is 4.94. The molecule has 0 spiro atoms. The quantitative estimate of drug-likeness (QED) is 0.859. The summed E-state index contributed by atoms with van der Waals surface area (Å²) in [6.07, 6.45) is 0. The first-order chi connectivity index (χ1) is 7.65. The summed E-state index contributed by atoms with van der Waals surface area (Å²) in [7, 11) is 0. The van der Waals surface area contributed by atoms with E-state index in [4.69, 9.17) is 27.9 Å². The average molecular weight is 261 g/mol. The second-order valence-electron chi connectivity index (χ2n) is 3.46. The number of carbonyl (C=O) groups excluding carboxylic acids is 1. The van der Waals surface area contributed by atoms with Gasteiger partial charge in [0, 0.05) is 5.02 Å². The summed E-state index contributed by atoms with van der Waals surface area (Å²) in [6, 6.07) is 4.66. The molecule has 2 rings (SSSR count). The Morgan fingerprint density at radius 3 is 2.75 bits per heavy atom. The Labute approximate surface area is 103 Å². The second kappa shape index (κ2) is 4.91. The number of anilines is 1. The Morgan fingerprint density at radius 1 is 1.38 bits per heavy atom. The Bertz CT molecular complexity index is 408. The van der Waals surface area contributed by atoms with E-state index < -0.39 is 0 Å². The molecule has 1 aliphatic rings. The molecule has 1 heterocycles. The molecule has 0 aliphatic carbocycles. The van der Waals surface area contributed by atoms with E-state index in [9.17, 15) is 4.79 Å². The van der Waals surface area contributed by atoms with Gasteiger partial charge >= 0.3 is 6.03 Å². The average Bonchev–Trinajstić information content (AvgIpc) is 2.18. The van der Waals surface area contributed by atoms with Crippen LogP contribution in [0, 0.1) is 0 Å². The third-order valence-electron chi connectivity index (χ3n) is 2.15. The van der Waals surface area contributed by atoms with Gasteiger partial charge in [-0.2, -0.15) is 0 Å². The number of halogens is 2. The van der Waals surface area contributed by atoms with Crippen LogP contribution in [0.2, 0.25) is 10.0 Å². The molecule has 1 aromatic rings. The molecule has 0 bridgehead atoms. The van der Waals surface area contributed by atoms with Gasteiger partial charge in [0.25, 0.3) is 0 Å². The van der Waals surface area contributed by atoms with E-state index in [2.05, 4.69) is 10.6 Å². The Morgan fingerprint density at radius 2 is 2.12 bits per heavy atom. The first-order valence-electron chi connectivity index (χ1n) is 4.75. The molecular weight excluding hydrogens is 251 g/mol. The summed E-state index contributed by atoms with van der Waals surface area (Å²) in [5.41, 5.74) is 0.493. The molecule has 0 unspecified atom stereocenters. The van der Waals surface area contributed by atoms with Crippen LogP contribution >= 0.6 is 23.2 Å². The van der Waals surface area contributed by atoms with Gasteiger partial charge in [0.1, 0.15) is 0 Å². The zero-order valence-corrected chi connectivity index (χ0v) is 9.81. The maximum atomic E-state index is 11.5. The lowest BCUT2D eigenvalue weighted by molar-refractivity contribution is 0.000735. The fraction of sp³-hybridized carbons (Fsp3) is 0.300. The van der Waals surface area contributed by atoms with Crippen LogP contribution in [0.25, 0.3) is 0 Å². The molecular formula is C10H10Cl2N2O2. The zero-order valence-electron chi connectivity index (χ0n) is 8.30. The Hall–Kier alpha value is -0.970. The largest absolute Gasteiger partial charge is 0.377 e. The minimum Gasteiger partial charge on any atom is -0.377 e. The molecule has 0 atom stereocenters. The lowest BCUT2D eigenvalue weighted by Crippen LogP contribution is -2.50. The van der Waals surface area contributed by atoms with Crippen LogP contribution in [-0.4, -0.2) is 25.3 Å². The third-order valence-corrected chi connectivity index (χ3v) is 2.71. The van der Waals surface area contributed by atoms with Crippen LogP contribution in [-0.2, 0) is 4.74 Å². The molecule has 4 nitrogen and oxygen atoms in total. The fourth-order valence-electron chi connectivity index (χ4n) is 1.26. The number of benzene rings is 1. The van der Waals surface area contributed by atoms with Gasteiger partial charge < -0.3 is 15.4 Å². The summed E-state index contributed by atoms with van der Waals surface area (Å²) in [6.45, 7) is 1.10. The van der Waals surface area contributed by atoms with E-state index in [1.807, 2.05) is 0 Å². The van der Waals surface area contributed by atoms with Crippen LogP contribution in [0.4, 0.5) is 10.5 Å². The zero-order chi connectivity index (χ0) is 11.5. The number of hydrogen-bond acceptors (Lipinski definition) is 2. The SMILES string of the molecule is O=C(Nc1cc(Cl)ccc1Cl)NC1COC1. The molecule has 6 heteroatoms. The highest BCUT2D eigenvalue weighted by molar-refractivity contribution is 6.35. The van der Waals surface area contributed by atoms with Gasteiger partial charge in [-0.1, -0.05) is 23.2 Å². The summed E-state index contributed by atoms with van der Waals surface area (Å²) in [5, 5.41) is 6.33. The van der Waals surface area contributed by atoms with Crippen molar-refractivity contribution < 1.29 is 9.53 Å². The van der Waals surface area contributed by atoms with Gasteiger partial charge in [0.15, 0.2) is 0 Å². The van der Waals surface area contributed by atoms with E-state index in [0.717, 1.165) is 0 Å². The normalized spacial score (nSPS) is 15.4. The molecule has 1 aliphatic heterocycles. The molecule has 2 N–H and O–H groups in total. The van der Waals surface area contributed by atoms with Gasteiger partial charge in [0.05, 0.1) is 30.0 Å². The Balaban J connectivity index is 1.96. The highest BCUT2D eigenvalue weighted by Crippen LogP contribution is 2.25. The van der Waals surface area contributed by atoms with Crippen LogP contribution in [0.3, 0.4) is 0 Å². The predicted molar refractivity (Wildman–Crippen MR) is 63.2 cm³/mol. The van der Waals surface area contributed by atoms with Crippen molar-refractivity contribution >= 4 is 34.9 Å². The van der Waals surface area contributed by atoms with E-state index in [1.165, 1.54) is 0 Å². The van der Waals surface area contributed by atoms with Crippen LogP contribution in [0.5, 0.6) is 0 Å². The molecule has 0 saturated carbocycles. The van der Waals surface area contributed by atoms with Crippen LogP contribution in [0.15, 0.2) is 18.2 Å². The third kappa shape index (κ3) is 2.78. The molecule has 2 amide bonds. The minimum atomic E-state index is -0.308. The lowest BCUT2D eigenvalue weighted by atomic mass is 10.2. The number of carbonyl (C=O) groups is 1. The van der Waals surface area contributed by atoms with Crippen molar-refractivity contribution in [2.24, 2.45) is 0 Å². The van der Waals surface area contributed by atoms with Crippen molar-refractivity contribution in [1.82, 2.24) is 5.32 Å². The molecule has 0 radical (unpaired) electrons. The standard InChI is InChI=1S/C10H10Cl2N2O2/c11-6-1-2-8(12)9(3-6)14-10(15)13-7-4-16-5-7/h1-3,7H,4-5H2,(H2,13,14,15). The van der Waals surface area contributed by atoms with E-state index >= 15 is 0 Å². The van der Waals surface area contributed by atoms with E-state index in [1.54, 1.807) is 18.2 Å². The van der Waals surface area contributed by atoms with E-state index in [-0.39, 0.29) is 12.1 Å². The number of ether oxygens (including phenoxy) is 1. The van der Waals surface area contributed by atoms with Gasteiger partial charge in [-0.25, -0.2) is 4.79 Å². The maximum absolute atomic E-state index is 11.5. The first kappa shape index (κ1) is 11.5. The number of urea groups is 1. The number of rotatable bonds is 2. The van der Waals surface area contributed by atoms with Gasteiger partial charge in [-0.3, -0.25) is 0 Å². The smallest absolute Gasteiger partial charge is 0.319 e. The molecule has 1 fully saturated rings. The van der Waals surface area contributed by atoms with Gasteiger partial charge in [-0.15, -0.1) is 0 Å². The summed E-state index contributed by atoms with van der Waals surface area (Å²) >= 11 is 11.7. The number of amides is 2. The molecule has 1 aromatic carbocycles. The van der Waals surface area contributed by atoms with Crippen molar-refractivity contribution in [2.45, 2.75) is 6.04 Å². The molecule has 16 heavy (non-hydrogen) atoms. The maximum Gasteiger partial charge on any atom is 0.319 e. The minimum absolute atomic E-state index is 0.0814. The topological polar surface area (TPSA) is 50.4 Å². The van der Waals surface area contributed by atoms with Gasteiger partial charge in [-0.05, 0) is 18.2 Å². The van der Waals surface area contributed by atoms with E-state index in [0.29, 0.717) is 28.9 Å². The van der Waals surface area contributed by atoms with Crippen LogP contribution in [0.1, 0.15) is 0 Å². The summed E-state index contributed by atoms with van der Waals surface area (Å²) in [5.74, 6) is 0. The lowest BCUT2D eigenvalue weighted by Gasteiger charge is -2.26. The van der Waals surface area contributed by atoms with Crippen LogP contribution < -0.4 is 10.6 Å². The van der Waals surface area contributed by atoms with Gasteiger partial charge in [0.2, 0.25) is 0 Å². The van der Waals surface area contributed by atoms with Crippen molar-refractivity contribution in [3.63, 3.8) is 0 Å². The van der Waals surface area contributed by atoms with Crippen molar-refractivity contribution in [2.75, 3.05) is 18.5 Å². The predicted octanol–water partition coefficient (Wildman–Crippen LogP) is 2.51. The highest BCUT2D eigenvalue weighted by atomic mass is 35.5. The summed E-state index contributed by atoms with van der Waals surface area (Å²) in [4.78, 5) is 11.5. The first-order valence-corrected chi connectivity index (χ1v) is 5.51.